The minimum atomic E-state index is -1.02. The third kappa shape index (κ3) is 2.90. The molecule has 0 spiro atoms. The van der Waals surface area contributed by atoms with Crippen molar-refractivity contribution in [3.8, 4) is 5.75 Å². The Labute approximate surface area is 77.5 Å². The van der Waals surface area contributed by atoms with Gasteiger partial charge in [0.1, 0.15) is 11.9 Å². The fraction of sp³-hybridized carbons (Fsp3) is 0.273. The molecule has 1 atom stereocenters. The van der Waals surface area contributed by atoms with E-state index < -0.39 is 6.17 Å². The molecule has 0 bridgehead atoms. The smallest absolute Gasteiger partial charge is 0.122 e. The van der Waals surface area contributed by atoms with E-state index in [1.54, 1.807) is 37.3 Å². The minimum Gasteiger partial charge on any atom is -0.508 e. The van der Waals surface area contributed by atoms with Gasteiger partial charge in [-0.1, -0.05) is 30.4 Å². The van der Waals surface area contributed by atoms with Gasteiger partial charge in [-0.3, -0.25) is 0 Å². The molecular weight excluding hydrogens is 167 g/mol. The second-order valence-corrected chi connectivity index (χ2v) is 2.87. The molecule has 1 nitrogen and oxygen atoms in total. The third-order valence-corrected chi connectivity index (χ3v) is 1.81. The van der Waals surface area contributed by atoms with E-state index in [4.69, 9.17) is 0 Å². The largest absolute Gasteiger partial charge is 0.508 e. The number of rotatable bonds is 3. The molecule has 0 heterocycles. The summed E-state index contributed by atoms with van der Waals surface area (Å²) in [7, 11) is 0. The van der Waals surface area contributed by atoms with Crippen LogP contribution in [0.2, 0.25) is 0 Å². The number of para-hydroxylation sites is 1. The Morgan fingerprint density at radius 1 is 1.46 bits per heavy atom. The fourth-order valence-corrected chi connectivity index (χ4v) is 1.17. The monoisotopic (exact) mass is 180 g/mol. The van der Waals surface area contributed by atoms with Crippen LogP contribution in [-0.2, 0) is 6.42 Å². The Hall–Kier alpha value is -1.31. The maximum atomic E-state index is 13.1. The molecule has 1 N–H and O–H groups in total. The number of phenols is 1. The van der Waals surface area contributed by atoms with Crippen molar-refractivity contribution in [2.24, 2.45) is 0 Å². The average Bonchev–Trinajstić information content (AvgIpc) is 2.09. The molecular formula is C11H13FO. The quantitative estimate of drug-likeness (QED) is 0.709. The van der Waals surface area contributed by atoms with Crippen molar-refractivity contribution in [2.75, 3.05) is 0 Å². The summed E-state index contributed by atoms with van der Waals surface area (Å²) < 4.78 is 13.1. The summed E-state index contributed by atoms with van der Waals surface area (Å²) in [5, 5.41) is 9.34. The summed E-state index contributed by atoms with van der Waals surface area (Å²) in [5.74, 6) is 0.162. The number of phenolic OH excluding ortho intramolecular Hbond substituents is 1. The predicted octanol–water partition coefficient (Wildman–Crippen LogP) is 2.85. The van der Waals surface area contributed by atoms with E-state index in [0.29, 0.717) is 5.56 Å². The molecule has 70 valence electrons. The van der Waals surface area contributed by atoms with Gasteiger partial charge in [0.05, 0.1) is 0 Å². The zero-order chi connectivity index (χ0) is 9.68. The van der Waals surface area contributed by atoms with Crippen LogP contribution in [0.25, 0.3) is 0 Å². The van der Waals surface area contributed by atoms with Gasteiger partial charge in [0.15, 0.2) is 0 Å². The van der Waals surface area contributed by atoms with Gasteiger partial charge in [0.25, 0.3) is 0 Å². The van der Waals surface area contributed by atoms with Crippen LogP contribution in [0, 0.1) is 0 Å². The van der Waals surface area contributed by atoms with Crippen molar-refractivity contribution < 1.29 is 9.50 Å². The van der Waals surface area contributed by atoms with Crippen molar-refractivity contribution in [1.29, 1.82) is 0 Å². The maximum Gasteiger partial charge on any atom is 0.122 e. The average molecular weight is 180 g/mol. The van der Waals surface area contributed by atoms with Gasteiger partial charge in [-0.05, 0) is 18.6 Å². The molecule has 1 aromatic rings. The number of alkyl halides is 1. The van der Waals surface area contributed by atoms with Crippen molar-refractivity contribution in [3.63, 3.8) is 0 Å². The number of benzene rings is 1. The Morgan fingerprint density at radius 3 is 2.77 bits per heavy atom. The van der Waals surface area contributed by atoms with Crippen LogP contribution >= 0.6 is 0 Å². The molecule has 0 saturated heterocycles. The highest BCUT2D eigenvalue weighted by atomic mass is 19.1. The van der Waals surface area contributed by atoms with Gasteiger partial charge < -0.3 is 5.11 Å². The zero-order valence-corrected chi connectivity index (χ0v) is 7.57. The van der Waals surface area contributed by atoms with E-state index >= 15 is 0 Å². The third-order valence-electron chi connectivity index (χ3n) is 1.81. The molecule has 0 aromatic heterocycles. The highest BCUT2D eigenvalue weighted by Crippen LogP contribution is 2.18. The van der Waals surface area contributed by atoms with Crippen molar-refractivity contribution >= 4 is 0 Å². The zero-order valence-electron chi connectivity index (χ0n) is 7.57. The Balaban J connectivity index is 2.68. The van der Waals surface area contributed by atoms with E-state index in [1.165, 1.54) is 6.08 Å². The molecule has 2 heteroatoms. The second kappa shape index (κ2) is 4.65. The van der Waals surface area contributed by atoms with E-state index in [-0.39, 0.29) is 12.2 Å². The van der Waals surface area contributed by atoms with Gasteiger partial charge >= 0.3 is 0 Å². The maximum absolute atomic E-state index is 13.1. The molecule has 1 unspecified atom stereocenters. The molecule has 13 heavy (non-hydrogen) atoms. The SMILES string of the molecule is CC=CC(F)Cc1ccccc1O. The first kappa shape index (κ1) is 9.78. The first-order valence-corrected chi connectivity index (χ1v) is 4.27. The van der Waals surface area contributed by atoms with Crippen LogP contribution in [0.15, 0.2) is 36.4 Å². The Bertz CT molecular complexity index is 294. The minimum absolute atomic E-state index is 0.162. The summed E-state index contributed by atoms with van der Waals surface area (Å²) in [5.41, 5.74) is 0.646. The Morgan fingerprint density at radius 2 is 2.15 bits per heavy atom. The molecule has 0 aliphatic heterocycles. The van der Waals surface area contributed by atoms with Gasteiger partial charge in [-0.15, -0.1) is 0 Å². The topological polar surface area (TPSA) is 20.2 Å². The molecule has 0 amide bonds. The number of halogens is 1. The molecule has 1 aromatic carbocycles. The molecule has 0 aliphatic rings. The van der Waals surface area contributed by atoms with Gasteiger partial charge in [0, 0.05) is 6.42 Å². The van der Waals surface area contributed by atoms with Crippen LogP contribution in [-0.4, -0.2) is 11.3 Å². The fourth-order valence-electron chi connectivity index (χ4n) is 1.17. The summed E-state index contributed by atoms with van der Waals surface area (Å²) in [6.07, 6.45) is 2.37. The number of allylic oxidation sites excluding steroid dienone is 2. The van der Waals surface area contributed by atoms with Gasteiger partial charge in [-0.2, -0.15) is 0 Å². The lowest BCUT2D eigenvalue weighted by Gasteiger charge is -2.04. The summed E-state index contributed by atoms with van der Waals surface area (Å²) >= 11 is 0. The van der Waals surface area contributed by atoms with E-state index in [0.717, 1.165) is 0 Å². The summed E-state index contributed by atoms with van der Waals surface area (Å²) in [6.45, 7) is 1.78. The van der Waals surface area contributed by atoms with Crippen LogP contribution in [0.1, 0.15) is 12.5 Å². The number of hydrogen-bond donors (Lipinski definition) is 1. The number of hydrogen-bond acceptors (Lipinski definition) is 1. The highest BCUT2D eigenvalue weighted by molar-refractivity contribution is 5.32. The lowest BCUT2D eigenvalue weighted by molar-refractivity contribution is 0.389. The highest BCUT2D eigenvalue weighted by Gasteiger charge is 2.06. The predicted molar refractivity (Wildman–Crippen MR) is 51.5 cm³/mol. The molecule has 0 aliphatic carbocycles. The molecule has 0 fully saturated rings. The van der Waals surface area contributed by atoms with Gasteiger partial charge in [-0.25, -0.2) is 4.39 Å². The summed E-state index contributed by atoms with van der Waals surface area (Å²) in [4.78, 5) is 0. The molecule has 0 radical (unpaired) electrons. The van der Waals surface area contributed by atoms with Crippen LogP contribution in [0.4, 0.5) is 4.39 Å². The van der Waals surface area contributed by atoms with Crippen LogP contribution in [0.5, 0.6) is 5.75 Å². The van der Waals surface area contributed by atoms with Crippen LogP contribution in [0.3, 0.4) is 0 Å². The van der Waals surface area contributed by atoms with Crippen LogP contribution < -0.4 is 0 Å². The van der Waals surface area contributed by atoms with E-state index in [1.807, 2.05) is 0 Å². The summed E-state index contributed by atoms with van der Waals surface area (Å²) in [6, 6.07) is 6.81. The Kier molecular flexibility index (Phi) is 3.50. The van der Waals surface area contributed by atoms with Gasteiger partial charge in [0.2, 0.25) is 0 Å². The lowest BCUT2D eigenvalue weighted by Crippen LogP contribution is -2.00. The van der Waals surface area contributed by atoms with E-state index in [9.17, 15) is 9.50 Å². The van der Waals surface area contributed by atoms with E-state index in [2.05, 4.69) is 0 Å². The normalized spacial score (nSPS) is 13.4. The number of aromatic hydroxyl groups is 1. The van der Waals surface area contributed by atoms with Crippen molar-refractivity contribution in [1.82, 2.24) is 0 Å². The first-order valence-electron chi connectivity index (χ1n) is 4.27. The second-order valence-electron chi connectivity index (χ2n) is 2.87. The lowest BCUT2D eigenvalue weighted by atomic mass is 10.1. The molecule has 1 rings (SSSR count). The standard InChI is InChI=1S/C11H13FO/c1-2-5-10(12)8-9-6-3-4-7-11(9)13/h2-7,10,13H,8H2,1H3. The van der Waals surface area contributed by atoms with Crippen molar-refractivity contribution in [2.45, 2.75) is 19.5 Å². The first-order chi connectivity index (χ1) is 6.24. The molecule has 0 saturated carbocycles. The van der Waals surface area contributed by atoms with Crippen molar-refractivity contribution in [3.05, 3.63) is 42.0 Å².